The molecule has 1 atom stereocenters. The molecular weight excluding hydrogens is 368 g/mol. The second-order valence-electron chi connectivity index (χ2n) is 5.21. The highest BCUT2D eigenvalue weighted by molar-refractivity contribution is 8.19. The van der Waals surface area contributed by atoms with Gasteiger partial charge < -0.3 is 23.9 Å². The van der Waals surface area contributed by atoms with Crippen molar-refractivity contribution in [2.75, 3.05) is 36.2 Å². The summed E-state index contributed by atoms with van der Waals surface area (Å²) in [7, 11) is -3.04. The minimum atomic E-state index is -3.04. The van der Waals surface area contributed by atoms with Crippen molar-refractivity contribution in [3.8, 4) is 5.88 Å². The Bertz CT molecular complexity index is 673. The molecule has 1 saturated heterocycles. The van der Waals surface area contributed by atoms with E-state index < -0.39 is 23.1 Å². The molecule has 26 heavy (non-hydrogen) atoms. The third-order valence-corrected chi connectivity index (χ3v) is 3.83. The van der Waals surface area contributed by atoms with Gasteiger partial charge in [0.15, 0.2) is 18.2 Å². The molecule has 0 aromatic carbocycles. The van der Waals surface area contributed by atoms with E-state index in [0.29, 0.717) is 6.42 Å². The van der Waals surface area contributed by atoms with E-state index in [2.05, 4.69) is 15.3 Å². The van der Waals surface area contributed by atoms with Crippen LogP contribution in [0.4, 0.5) is 16.4 Å². The highest BCUT2D eigenvalue weighted by Gasteiger charge is 2.34. The van der Waals surface area contributed by atoms with Crippen molar-refractivity contribution in [1.29, 1.82) is 0 Å². The lowest BCUT2D eigenvalue weighted by atomic mass is 10.2. The fraction of sp³-hybridized carbons (Fsp3) is 0.571. The molecule has 2 aliphatic heterocycles. The maximum Gasteiger partial charge on any atom is 0.415 e. The van der Waals surface area contributed by atoms with Crippen molar-refractivity contribution >= 4 is 34.5 Å². The molecule has 1 fully saturated rings. The lowest BCUT2D eigenvalue weighted by Crippen LogP contribution is -2.29. The van der Waals surface area contributed by atoms with E-state index in [1.165, 1.54) is 17.4 Å². The highest BCUT2D eigenvalue weighted by atomic mass is 32.3. The fourth-order valence-corrected chi connectivity index (χ4v) is 2.60. The lowest BCUT2D eigenvalue weighted by molar-refractivity contribution is -0.118. The number of carbonyl (C=O) groups excluding carboxylic acids is 2. The monoisotopic (exact) mass is 392 g/mol. The molecule has 3 rings (SSSR count). The summed E-state index contributed by atoms with van der Waals surface area (Å²) in [6.45, 7) is 4.10. The molecule has 3 heterocycles. The first-order chi connectivity index (χ1) is 12.3. The van der Waals surface area contributed by atoms with Gasteiger partial charge in [-0.2, -0.15) is 0 Å². The number of hydrogen-bond donors (Lipinski definition) is 3. The van der Waals surface area contributed by atoms with Crippen molar-refractivity contribution < 1.29 is 33.8 Å². The molecule has 0 saturated carbocycles. The standard InChI is InChI=1S/C12H16N4O7S.C2H6.H2/c1-24(19,20)22-3-2-7-5-16(12(18)23-7)8-4-13-11-10(14-8)15-9(17)6-21-11;1-2;/h4,7,19-20H,2-3,5-6H2,1H3,(H,14,15,17);1-2H3;1H. The first-order valence-electron chi connectivity index (χ1n) is 7.97. The molecular formula is C14H24N4O7S. The molecule has 2 amide bonds. The van der Waals surface area contributed by atoms with E-state index in [9.17, 15) is 9.59 Å². The molecule has 0 radical (unpaired) electrons. The molecule has 148 valence electrons. The summed E-state index contributed by atoms with van der Waals surface area (Å²) in [5.74, 6) is 0.187. The Balaban J connectivity index is 0.00000118. The number of hydrogen-bond acceptors (Lipinski definition) is 9. The number of ether oxygens (including phenoxy) is 2. The number of nitrogens with one attached hydrogen (secondary N) is 1. The minimum Gasteiger partial charge on any atom is -0.465 e. The maximum atomic E-state index is 12.0. The zero-order valence-electron chi connectivity index (χ0n) is 14.7. The average Bonchev–Trinajstić information content (AvgIpc) is 2.95. The molecule has 11 nitrogen and oxygen atoms in total. The summed E-state index contributed by atoms with van der Waals surface area (Å²) >= 11 is 0. The van der Waals surface area contributed by atoms with Crippen LogP contribution in [0, 0.1) is 0 Å². The Labute approximate surface area is 153 Å². The summed E-state index contributed by atoms with van der Waals surface area (Å²) < 4.78 is 33.4. The van der Waals surface area contributed by atoms with E-state index in [0.717, 1.165) is 0 Å². The van der Waals surface area contributed by atoms with Crippen molar-refractivity contribution in [2.24, 2.45) is 0 Å². The topological polar surface area (TPSA) is 143 Å². The van der Waals surface area contributed by atoms with Gasteiger partial charge in [-0.3, -0.25) is 13.9 Å². The van der Waals surface area contributed by atoms with Gasteiger partial charge in [-0.05, 0) is 0 Å². The molecule has 0 bridgehead atoms. The summed E-state index contributed by atoms with van der Waals surface area (Å²) in [5, 5.41) is 2.51. The Morgan fingerprint density at radius 2 is 2.19 bits per heavy atom. The molecule has 12 heteroatoms. The average molecular weight is 392 g/mol. The second-order valence-corrected chi connectivity index (χ2v) is 6.97. The van der Waals surface area contributed by atoms with Gasteiger partial charge >= 0.3 is 6.09 Å². The number of cyclic esters (lactones) is 1. The molecule has 0 spiro atoms. The van der Waals surface area contributed by atoms with Crippen LogP contribution < -0.4 is 15.0 Å². The van der Waals surface area contributed by atoms with E-state index >= 15 is 0 Å². The Hall–Kier alpha value is -2.15. The largest absolute Gasteiger partial charge is 0.465 e. The van der Waals surface area contributed by atoms with Crippen LogP contribution in [0.3, 0.4) is 0 Å². The number of nitrogens with zero attached hydrogens (tertiary/aromatic N) is 3. The minimum absolute atomic E-state index is 0. The summed E-state index contributed by atoms with van der Waals surface area (Å²) in [6.07, 6.45) is 1.71. The highest BCUT2D eigenvalue weighted by Crippen LogP contribution is 2.35. The number of anilines is 2. The third-order valence-electron chi connectivity index (χ3n) is 3.22. The van der Waals surface area contributed by atoms with Gasteiger partial charge in [0.1, 0.15) is 6.10 Å². The van der Waals surface area contributed by atoms with Crippen molar-refractivity contribution in [3.63, 3.8) is 0 Å². The third kappa shape index (κ3) is 5.17. The molecule has 3 N–H and O–H groups in total. The Morgan fingerprint density at radius 3 is 2.88 bits per heavy atom. The van der Waals surface area contributed by atoms with Crippen LogP contribution in [0.2, 0.25) is 0 Å². The quantitative estimate of drug-likeness (QED) is 0.686. The molecule has 1 aromatic heterocycles. The van der Waals surface area contributed by atoms with Crippen LogP contribution in [-0.4, -0.2) is 63.2 Å². The van der Waals surface area contributed by atoms with Crippen LogP contribution in [0.5, 0.6) is 5.88 Å². The predicted octanol–water partition coefficient (Wildman–Crippen LogP) is 2.11. The van der Waals surface area contributed by atoms with Crippen molar-refractivity contribution in [2.45, 2.75) is 26.4 Å². The van der Waals surface area contributed by atoms with Crippen molar-refractivity contribution in [3.05, 3.63) is 6.20 Å². The number of amides is 2. The van der Waals surface area contributed by atoms with Crippen molar-refractivity contribution in [1.82, 2.24) is 9.97 Å². The molecule has 2 aliphatic rings. The van der Waals surface area contributed by atoms with Crippen LogP contribution in [0.25, 0.3) is 0 Å². The molecule has 1 aromatic rings. The lowest BCUT2D eigenvalue weighted by Gasteiger charge is -2.21. The van der Waals surface area contributed by atoms with Crippen LogP contribution in [-0.2, 0) is 13.7 Å². The van der Waals surface area contributed by atoms with Gasteiger partial charge in [0.05, 0.1) is 30.2 Å². The Morgan fingerprint density at radius 1 is 1.46 bits per heavy atom. The number of fused-ring (bicyclic) bond motifs is 1. The summed E-state index contributed by atoms with van der Waals surface area (Å²) in [5.41, 5.74) is 0. The number of carbonyl (C=O) groups is 2. The number of rotatable bonds is 5. The fourth-order valence-electron chi connectivity index (χ4n) is 2.18. The molecule has 0 aliphatic carbocycles. The van der Waals surface area contributed by atoms with Crippen LogP contribution in [0.1, 0.15) is 21.7 Å². The molecule has 1 unspecified atom stereocenters. The van der Waals surface area contributed by atoms with Crippen LogP contribution >= 0.6 is 10.9 Å². The zero-order valence-corrected chi connectivity index (χ0v) is 15.5. The van der Waals surface area contributed by atoms with Gasteiger partial charge in [0.25, 0.3) is 11.8 Å². The van der Waals surface area contributed by atoms with Gasteiger partial charge in [-0.15, -0.1) is 0 Å². The summed E-state index contributed by atoms with van der Waals surface area (Å²) in [6, 6.07) is 0. The normalized spacial score (nSPS) is 19.6. The summed E-state index contributed by atoms with van der Waals surface area (Å²) in [4.78, 5) is 32.7. The predicted molar refractivity (Wildman–Crippen MR) is 96.6 cm³/mol. The smallest absolute Gasteiger partial charge is 0.415 e. The Kier molecular flexibility index (Phi) is 6.58. The van der Waals surface area contributed by atoms with E-state index in [4.69, 9.17) is 22.8 Å². The van der Waals surface area contributed by atoms with E-state index in [1.54, 1.807) is 0 Å². The van der Waals surface area contributed by atoms with Gasteiger partial charge in [0.2, 0.25) is 0 Å². The van der Waals surface area contributed by atoms with E-state index in [-0.39, 0.29) is 44.6 Å². The van der Waals surface area contributed by atoms with Crippen LogP contribution in [0.15, 0.2) is 6.20 Å². The first-order valence-corrected chi connectivity index (χ1v) is 9.85. The SMILES string of the molecule is CC.CS(O)(O)OCCC1CN(c2cnc3c(n2)NC(=O)CO3)C(=O)O1.[HH]. The van der Waals surface area contributed by atoms with Gasteiger partial charge in [-0.25, -0.2) is 14.8 Å². The maximum absolute atomic E-state index is 12.0. The first kappa shape index (κ1) is 20.2. The van der Waals surface area contributed by atoms with Gasteiger partial charge in [-0.1, -0.05) is 13.8 Å². The zero-order chi connectivity index (χ0) is 19.3. The second kappa shape index (κ2) is 8.49. The number of aromatic nitrogens is 2. The van der Waals surface area contributed by atoms with Gasteiger partial charge in [0, 0.05) is 14.1 Å². The van der Waals surface area contributed by atoms with E-state index in [1.807, 2.05) is 13.8 Å².